The zero-order chi connectivity index (χ0) is 10.8. The Hall–Kier alpha value is -0.850. The Morgan fingerprint density at radius 3 is 2.50 bits per heavy atom. The summed E-state index contributed by atoms with van der Waals surface area (Å²) < 4.78 is 0. The molecular formula is C15H21N. The first kappa shape index (κ1) is 10.3. The van der Waals surface area contributed by atoms with E-state index in [0.29, 0.717) is 0 Å². The van der Waals surface area contributed by atoms with Crippen molar-refractivity contribution >= 4 is 0 Å². The summed E-state index contributed by atoms with van der Waals surface area (Å²) in [5, 5.41) is 0. The minimum Gasteiger partial charge on any atom is -0.265 e. The van der Waals surface area contributed by atoms with E-state index < -0.39 is 0 Å². The fraction of sp³-hybridized carbons (Fsp3) is 0.667. The Morgan fingerprint density at radius 2 is 1.75 bits per heavy atom. The molecule has 0 aliphatic heterocycles. The predicted octanol–water partition coefficient (Wildman–Crippen LogP) is 4.30. The molecule has 0 saturated heterocycles. The second-order valence-electron chi connectivity index (χ2n) is 5.78. The molecule has 3 rings (SSSR count). The van der Waals surface area contributed by atoms with Crippen LogP contribution in [0.2, 0.25) is 0 Å². The van der Waals surface area contributed by atoms with Gasteiger partial charge in [0, 0.05) is 12.4 Å². The Kier molecular flexibility index (Phi) is 2.70. The van der Waals surface area contributed by atoms with Crippen molar-refractivity contribution in [3.05, 3.63) is 30.1 Å². The van der Waals surface area contributed by atoms with E-state index in [1.54, 1.807) is 0 Å². The minimum atomic E-state index is 0.728. The third-order valence-electron chi connectivity index (χ3n) is 4.79. The van der Waals surface area contributed by atoms with E-state index in [4.69, 9.17) is 0 Å². The molecule has 2 aliphatic carbocycles. The van der Waals surface area contributed by atoms with Crippen molar-refractivity contribution in [3.8, 4) is 0 Å². The highest BCUT2D eigenvalue weighted by molar-refractivity contribution is 5.18. The Balaban J connectivity index is 1.73. The molecule has 1 atom stereocenters. The van der Waals surface area contributed by atoms with Gasteiger partial charge in [-0.2, -0.15) is 0 Å². The number of aromatic nitrogens is 1. The lowest BCUT2D eigenvalue weighted by atomic mass is 9.72. The molecule has 2 fully saturated rings. The SMILES string of the molecule is c1cc(C2CCC3(CCCCC3)C2)ccn1. The standard InChI is InChI=1S/C15H21N/c1-2-7-15(8-3-1)9-4-14(12-15)13-5-10-16-11-6-13/h5-6,10-11,14H,1-4,7-9,12H2. The molecule has 1 aromatic heterocycles. The zero-order valence-corrected chi connectivity index (χ0v) is 9.99. The highest BCUT2D eigenvalue weighted by Crippen LogP contribution is 2.54. The zero-order valence-electron chi connectivity index (χ0n) is 9.99. The smallest absolute Gasteiger partial charge is 0.0270 e. The Bertz CT molecular complexity index is 338. The van der Waals surface area contributed by atoms with Gasteiger partial charge in [-0.1, -0.05) is 19.3 Å². The van der Waals surface area contributed by atoms with Gasteiger partial charge in [-0.15, -0.1) is 0 Å². The van der Waals surface area contributed by atoms with Crippen molar-refractivity contribution in [2.45, 2.75) is 57.3 Å². The number of nitrogens with zero attached hydrogens (tertiary/aromatic N) is 1. The number of rotatable bonds is 1. The number of pyridine rings is 1. The second-order valence-corrected chi connectivity index (χ2v) is 5.78. The minimum absolute atomic E-state index is 0.728. The maximum atomic E-state index is 4.12. The van der Waals surface area contributed by atoms with Crippen molar-refractivity contribution in [1.82, 2.24) is 4.98 Å². The summed E-state index contributed by atoms with van der Waals surface area (Å²) in [5.41, 5.74) is 2.25. The molecule has 1 nitrogen and oxygen atoms in total. The van der Waals surface area contributed by atoms with E-state index in [1.165, 1.54) is 56.9 Å². The van der Waals surface area contributed by atoms with Crippen molar-refractivity contribution in [2.75, 3.05) is 0 Å². The van der Waals surface area contributed by atoms with Crippen LogP contribution in [0.25, 0.3) is 0 Å². The summed E-state index contributed by atoms with van der Waals surface area (Å²) in [7, 11) is 0. The largest absolute Gasteiger partial charge is 0.265 e. The van der Waals surface area contributed by atoms with Crippen LogP contribution < -0.4 is 0 Å². The Morgan fingerprint density at radius 1 is 1.00 bits per heavy atom. The van der Waals surface area contributed by atoms with Gasteiger partial charge in [-0.25, -0.2) is 0 Å². The molecule has 0 amide bonds. The number of hydrogen-bond donors (Lipinski definition) is 0. The normalized spacial score (nSPS) is 28.4. The fourth-order valence-electron chi connectivity index (χ4n) is 3.88. The van der Waals surface area contributed by atoms with E-state index in [0.717, 1.165) is 11.3 Å². The van der Waals surface area contributed by atoms with Gasteiger partial charge in [0.05, 0.1) is 0 Å². The van der Waals surface area contributed by atoms with Crippen LogP contribution in [0.3, 0.4) is 0 Å². The summed E-state index contributed by atoms with van der Waals surface area (Å²) in [6.07, 6.45) is 15.6. The molecule has 0 bridgehead atoms. The summed E-state index contributed by atoms with van der Waals surface area (Å²) in [4.78, 5) is 4.12. The predicted molar refractivity (Wildman–Crippen MR) is 66.3 cm³/mol. The fourth-order valence-corrected chi connectivity index (χ4v) is 3.88. The third kappa shape index (κ3) is 1.88. The van der Waals surface area contributed by atoms with Gasteiger partial charge in [0.2, 0.25) is 0 Å². The van der Waals surface area contributed by atoms with Crippen molar-refractivity contribution in [2.24, 2.45) is 5.41 Å². The topological polar surface area (TPSA) is 12.9 Å². The van der Waals surface area contributed by atoms with Crippen LogP contribution in [0, 0.1) is 5.41 Å². The first-order valence-corrected chi connectivity index (χ1v) is 6.78. The van der Waals surface area contributed by atoms with Crippen LogP contribution in [-0.2, 0) is 0 Å². The molecule has 1 unspecified atom stereocenters. The van der Waals surface area contributed by atoms with Crippen LogP contribution in [0.4, 0.5) is 0 Å². The lowest BCUT2D eigenvalue weighted by Crippen LogP contribution is -2.20. The molecule has 1 heterocycles. The van der Waals surface area contributed by atoms with Crippen LogP contribution in [0.1, 0.15) is 62.8 Å². The average molecular weight is 215 g/mol. The van der Waals surface area contributed by atoms with E-state index in [1.807, 2.05) is 12.4 Å². The molecule has 1 aromatic rings. The van der Waals surface area contributed by atoms with Crippen LogP contribution in [-0.4, -0.2) is 4.98 Å². The van der Waals surface area contributed by atoms with Crippen LogP contribution in [0.15, 0.2) is 24.5 Å². The number of hydrogen-bond acceptors (Lipinski definition) is 1. The van der Waals surface area contributed by atoms with E-state index >= 15 is 0 Å². The highest BCUT2D eigenvalue weighted by Gasteiger charge is 2.39. The Labute approximate surface area is 98.3 Å². The molecule has 86 valence electrons. The molecule has 2 aliphatic rings. The maximum absolute atomic E-state index is 4.12. The second kappa shape index (κ2) is 4.20. The maximum Gasteiger partial charge on any atom is 0.0270 e. The summed E-state index contributed by atoms with van der Waals surface area (Å²) in [5.74, 6) is 0.820. The van der Waals surface area contributed by atoms with Gasteiger partial charge in [-0.3, -0.25) is 4.98 Å². The van der Waals surface area contributed by atoms with E-state index in [9.17, 15) is 0 Å². The first-order chi connectivity index (χ1) is 7.88. The van der Waals surface area contributed by atoms with Gasteiger partial charge in [0.25, 0.3) is 0 Å². The molecule has 0 radical (unpaired) electrons. The molecule has 1 spiro atoms. The van der Waals surface area contributed by atoms with Gasteiger partial charge in [-0.05, 0) is 61.1 Å². The molecular weight excluding hydrogens is 194 g/mol. The molecule has 0 aromatic carbocycles. The summed E-state index contributed by atoms with van der Waals surface area (Å²) in [6.45, 7) is 0. The van der Waals surface area contributed by atoms with Crippen molar-refractivity contribution < 1.29 is 0 Å². The van der Waals surface area contributed by atoms with Crippen molar-refractivity contribution in [1.29, 1.82) is 0 Å². The third-order valence-corrected chi connectivity index (χ3v) is 4.79. The highest BCUT2D eigenvalue weighted by atomic mass is 14.6. The lowest BCUT2D eigenvalue weighted by Gasteiger charge is -2.33. The molecule has 1 heteroatoms. The lowest BCUT2D eigenvalue weighted by molar-refractivity contribution is 0.194. The van der Waals surface area contributed by atoms with E-state index in [-0.39, 0.29) is 0 Å². The van der Waals surface area contributed by atoms with Crippen LogP contribution in [0.5, 0.6) is 0 Å². The van der Waals surface area contributed by atoms with Crippen molar-refractivity contribution in [3.63, 3.8) is 0 Å². The summed E-state index contributed by atoms with van der Waals surface area (Å²) in [6, 6.07) is 4.43. The molecule has 2 saturated carbocycles. The van der Waals surface area contributed by atoms with E-state index in [2.05, 4.69) is 17.1 Å². The first-order valence-electron chi connectivity index (χ1n) is 6.78. The van der Waals surface area contributed by atoms with Gasteiger partial charge >= 0.3 is 0 Å². The average Bonchev–Trinajstić information content (AvgIpc) is 2.75. The van der Waals surface area contributed by atoms with Gasteiger partial charge in [0.15, 0.2) is 0 Å². The molecule has 0 N–H and O–H groups in total. The molecule has 16 heavy (non-hydrogen) atoms. The monoisotopic (exact) mass is 215 g/mol. The van der Waals surface area contributed by atoms with Gasteiger partial charge in [0.1, 0.15) is 0 Å². The summed E-state index contributed by atoms with van der Waals surface area (Å²) >= 11 is 0. The van der Waals surface area contributed by atoms with Gasteiger partial charge < -0.3 is 0 Å². The van der Waals surface area contributed by atoms with Crippen LogP contribution >= 0.6 is 0 Å². The quantitative estimate of drug-likeness (QED) is 0.680.